The number of pyridine rings is 1. The number of morpholine rings is 1. The van der Waals surface area contributed by atoms with Gasteiger partial charge in [0.2, 0.25) is 0 Å². The molecule has 9 heteroatoms. The minimum absolute atomic E-state index is 0.189. The van der Waals surface area contributed by atoms with Crippen LogP contribution in [0.25, 0.3) is 33.3 Å². The molecule has 2 aromatic heterocycles. The topological polar surface area (TPSA) is 98.1 Å². The molecular weight excluding hydrogens is 464 g/mol. The predicted molar refractivity (Wildman–Crippen MR) is 142 cm³/mol. The first-order chi connectivity index (χ1) is 17.2. The van der Waals surface area contributed by atoms with E-state index >= 15 is 0 Å². The van der Waals surface area contributed by atoms with E-state index in [0.717, 1.165) is 79.1 Å². The molecule has 35 heavy (non-hydrogen) atoms. The zero-order valence-electron chi connectivity index (χ0n) is 19.5. The van der Waals surface area contributed by atoms with E-state index in [4.69, 9.17) is 21.3 Å². The van der Waals surface area contributed by atoms with Crippen LogP contribution in [-0.4, -0.2) is 60.4 Å². The highest BCUT2D eigenvalue weighted by molar-refractivity contribution is 6.31. The number of imidazole rings is 1. The Balaban J connectivity index is 1.43. The highest BCUT2D eigenvalue weighted by Gasteiger charge is 2.21. The molecule has 2 fully saturated rings. The maximum atomic E-state index is 13.4. The molecule has 0 bridgehead atoms. The van der Waals surface area contributed by atoms with E-state index in [-0.39, 0.29) is 5.56 Å². The SMILES string of the molecule is O=c1[nH]c2ccc(Cl)cc2c(NCC2CCCCN2)c1-c1nc2ccc(N3CCOCC3)cc2[nH]1. The molecule has 0 spiro atoms. The third-order valence-electron chi connectivity index (χ3n) is 6.99. The molecule has 8 nitrogen and oxygen atoms in total. The van der Waals surface area contributed by atoms with Crippen LogP contribution in [0, 0.1) is 0 Å². The summed E-state index contributed by atoms with van der Waals surface area (Å²) in [6.45, 7) is 4.93. The molecule has 1 unspecified atom stereocenters. The minimum Gasteiger partial charge on any atom is -0.382 e. The molecule has 0 radical (unpaired) electrons. The fraction of sp³-hybridized carbons (Fsp3) is 0.385. The van der Waals surface area contributed by atoms with Gasteiger partial charge in [0.05, 0.1) is 35.5 Å². The molecule has 0 aliphatic carbocycles. The quantitative estimate of drug-likeness (QED) is 0.334. The standard InChI is InChI=1S/C26H29ClN6O2/c27-16-4-6-20-19(13-16)24(29-15-17-3-1-2-8-28-17)23(26(34)32-20)25-30-21-7-5-18(14-22(21)31-25)33-9-11-35-12-10-33/h4-7,13-14,17,28H,1-3,8-12,15H2,(H,30,31)(H2,29,32,34). The van der Waals surface area contributed by atoms with E-state index < -0.39 is 0 Å². The predicted octanol–water partition coefficient (Wildman–Crippen LogP) is 4.12. The molecule has 0 amide bonds. The Morgan fingerprint density at radius 2 is 1.97 bits per heavy atom. The number of nitrogens with zero attached hydrogens (tertiary/aromatic N) is 2. The van der Waals surface area contributed by atoms with Crippen LogP contribution < -0.4 is 21.1 Å². The number of aromatic nitrogens is 3. The fourth-order valence-electron chi connectivity index (χ4n) is 5.13. The normalized spacial score (nSPS) is 18.9. The molecular formula is C26H29ClN6O2. The van der Waals surface area contributed by atoms with Crippen LogP contribution in [0.4, 0.5) is 11.4 Å². The first-order valence-electron chi connectivity index (χ1n) is 12.3. The maximum absolute atomic E-state index is 13.4. The maximum Gasteiger partial charge on any atom is 0.261 e. The molecule has 2 aliphatic rings. The highest BCUT2D eigenvalue weighted by atomic mass is 35.5. The van der Waals surface area contributed by atoms with Crippen LogP contribution in [-0.2, 0) is 4.74 Å². The number of piperidine rings is 1. The van der Waals surface area contributed by atoms with Crippen molar-refractivity contribution in [3.63, 3.8) is 0 Å². The number of halogens is 1. The molecule has 2 saturated heterocycles. The molecule has 4 heterocycles. The summed E-state index contributed by atoms with van der Waals surface area (Å²) in [4.78, 5) is 26.9. The fourth-order valence-corrected chi connectivity index (χ4v) is 5.30. The number of ether oxygens (including phenoxy) is 1. The van der Waals surface area contributed by atoms with Gasteiger partial charge in [0.15, 0.2) is 0 Å². The van der Waals surface area contributed by atoms with Crippen molar-refractivity contribution in [2.45, 2.75) is 25.3 Å². The zero-order valence-corrected chi connectivity index (χ0v) is 20.3. The Morgan fingerprint density at radius 3 is 2.80 bits per heavy atom. The van der Waals surface area contributed by atoms with Gasteiger partial charge in [-0.15, -0.1) is 0 Å². The number of hydrogen-bond donors (Lipinski definition) is 4. The number of H-pyrrole nitrogens is 2. The highest BCUT2D eigenvalue weighted by Crippen LogP contribution is 2.33. The summed E-state index contributed by atoms with van der Waals surface area (Å²) in [5.41, 5.74) is 4.65. The largest absolute Gasteiger partial charge is 0.382 e. The van der Waals surface area contributed by atoms with Crippen LogP contribution in [0.1, 0.15) is 19.3 Å². The van der Waals surface area contributed by atoms with Gasteiger partial charge in [-0.2, -0.15) is 0 Å². The Morgan fingerprint density at radius 1 is 1.09 bits per heavy atom. The van der Waals surface area contributed by atoms with Crippen molar-refractivity contribution in [2.75, 3.05) is 49.6 Å². The number of fused-ring (bicyclic) bond motifs is 2. The van der Waals surface area contributed by atoms with E-state index in [1.54, 1.807) is 6.07 Å². The molecule has 2 aromatic carbocycles. The van der Waals surface area contributed by atoms with Gasteiger partial charge in [0.1, 0.15) is 11.4 Å². The summed E-state index contributed by atoms with van der Waals surface area (Å²) in [7, 11) is 0. The average Bonchev–Trinajstić information content (AvgIpc) is 3.31. The van der Waals surface area contributed by atoms with Crippen molar-refractivity contribution in [1.29, 1.82) is 0 Å². The van der Waals surface area contributed by atoms with E-state index in [1.165, 1.54) is 12.8 Å². The number of aromatic amines is 2. The van der Waals surface area contributed by atoms with Gasteiger partial charge in [0, 0.05) is 41.8 Å². The summed E-state index contributed by atoms with van der Waals surface area (Å²) in [5, 5.41) is 8.64. The monoisotopic (exact) mass is 492 g/mol. The van der Waals surface area contributed by atoms with Crippen LogP contribution in [0.2, 0.25) is 5.02 Å². The molecule has 0 saturated carbocycles. The van der Waals surface area contributed by atoms with Crippen molar-refractivity contribution in [3.8, 4) is 11.4 Å². The lowest BCUT2D eigenvalue weighted by Crippen LogP contribution is -2.39. The second-order valence-electron chi connectivity index (χ2n) is 9.31. The Bertz CT molecular complexity index is 1420. The van der Waals surface area contributed by atoms with Crippen molar-refractivity contribution in [3.05, 3.63) is 51.8 Å². The summed E-state index contributed by atoms with van der Waals surface area (Å²) in [5.74, 6) is 0.543. The molecule has 4 N–H and O–H groups in total. The van der Waals surface area contributed by atoms with Crippen molar-refractivity contribution >= 4 is 44.9 Å². The molecule has 6 rings (SSSR count). The van der Waals surface area contributed by atoms with Crippen LogP contribution in [0.3, 0.4) is 0 Å². The lowest BCUT2D eigenvalue weighted by atomic mass is 10.0. The first-order valence-corrected chi connectivity index (χ1v) is 12.7. The van der Waals surface area contributed by atoms with Crippen LogP contribution >= 0.6 is 11.6 Å². The summed E-state index contributed by atoms with van der Waals surface area (Å²) in [6.07, 6.45) is 3.53. The van der Waals surface area contributed by atoms with Gasteiger partial charge in [-0.05, 0) is 55.8 Å². The number of nitrogens with one attached hydrogen (secondary N) is 4. The minimum atomic E-state index is -0.189. The van der Waals surface area contributed by atoms with Crippen molar-refractivity contribution < 1.29 is 4.74 Å². The Labute approximate surface area is 208 Å². The van der Waals surface area contributed by atoms with Gasteiger partial charge in [0.25, 0.3) is 5.56 Å². The van der Waals surface area contributed by atoms with Crippen molar-refractivity contribution in [2.24, 2.45) is 0 Å². The van der Waals surface area contributed by atoms with E-state index in [9.17, 15) is 4.79 Å². The van der Waals surface area contributed by atoms with E-state index in [2.05, 4.69) is 37.6 Å². The Hall–Kier alpha value is -3.07. The van der Waals surface area contributed by atoms with Crippen LogP contribution in [0.5, 0.6) is 0 Å². The Kier molecular flexibility index (Phi) is 6.10. The summed E-state index contributed by atoms with van der Waals surface area (Å²) < 4.78 is 5.49. The lowest BCUT2D eigenvalue weighted by molar-refractivity contribution is 0.122. The van der Waals surface area contributed by atoms with Gasteiger partial charge in [-0.3, -0.25) is 4.79 Å². The van der Waals surface area contributed by atoms with Crippen LogP contribution in [0.15, 0.2) is 41.2 Å². The summed E-state index contributed by atoms with van der Waals surface area (Å²) in [6, 6.07) is 12.1. The number of rotatable bonds is 5. The number of benzene rings is 2. The second kappa shape index (κ2) is 9.53. The summed E-state index contributed by atoms with van der Waals surface area (Å²) >= 11 is 6.36. The van der Waals surface area contributed by atoms with E-state index in [1.807, 2.05) is 18.2 Å². The lowest BCUT2D eigenvalue weighted by Gasteiger charge is -2.28. The molecule has 2 aliphatic heterocycles. The molecule has 182 valence electrons. The van der Waals surface area contributed by atoms with Gasteiger partial charge in [-0.1, -0.05) is 18.0 Å². The first kappa shape index (κ1) is 22.4. The van der Waals surface area contributed by atoms with E-state index in [0.29, 0.717) is 22.5 Å². The van der Waals surface area contributed by atoms with Gasteiger partial charge < -0.3 is 30.2 Å². The third-order valence-corrected chi connectivity index (χ3v) is 7.23. The zero-order chi connectivity index (χ0) is 23.8. The van der Waals surface area contributed by atoms with Gasteiger partial charge in [-0.25, -0.2) is 4.98 Å². The number of hydrogen-bond acceptors (Lipinski definition) is 6. The third kappa shape index (κ3) is 4.49. The smallest absolute Gasteiger partial charge is 0.261 e. The van der Waals surface area contributed by atoms with Gasteiger partial charge >= 0.3 is 0 Å². The van der Waals surface area contributed by atoms with Crippen molar-refractivity contribution in [1.82, 2.24) is 20.3 Å². The molecule has 1 atom stereocenters. The number of anilines is 2. The average molecular weight is 493 g/mol. The molecule has 4 aromatic rings. The second-order valence-corrected chi connectivity index (χ2v) is 9.74.